The van der Waals surface area contributed by atoms with Crippen LogP contribution in [0.2, 0.25) is 0 Å². The van der Waals surface area contributed by atoms with E-state index in [1.54, 1.807) is 14.2 Å². The monoisotopic (exact) mass is 528 g/mol. The highest BCUT2D eigenvalue weighted by Gasteiger charge is 2.25. The molecule has 9 heteroatoms. The summed E-state index contributed by atoms with van der Waals surface area (Å²) in [5, 5.41) is 11.9. The standard InChI is InChI=1S/C21H32N6O2.HI/c1-16-24-25-20(26(16)2)13-23-21(27-12-10-18(14-27)15-28-3)22-11-9-17-5-7-19(29-4)8-6-17;/h5-8,18H,9-15H2,1-4H3,(H,22,23);1H. The van der Waals surface area contributed by atoms with Crippen molar-refractivity contribution < 1.29 is 9.47 Å². The van der Waals surface area contributed by atoms with E-state index in [4.69, 9.17) is 14.5 Å². The fraction of sp³-hybridized carbons (Fsp3) is 0.571. The van der Waals surface area contributed by atoms with Gasteiger partial charge in [-0.15, -0.1) is 34.2 Å². The topological polar surface area (TPSA) is 76.8 Å². The molecule has 1 aliphatic rings. The van der Waals surface area contributed by atoms with Crippen molar-refractivity contribution in [3.05, 3.63) is 41.5 Å². The van der Waals surface area contributed by atoms with Gasteiger partial charge >= 0.3 is 0 Å². The molecule has 0 spiro atoms. The Morgan fingerprint density at radius 1 is 1.23 bits per heavy atom. The average molecular weight is 528 g/mol. The number of likely N-dealkylation sites (tertiary alicyclic amines) is 1. The first kappa shape index (κ1) is 24.4. The molecule has 1 saturated heterocycles. The molecule has 0 aliphatic carbocycles. The summed E-state index contributed by atoms with van der Waals surface area (Å²) in [5.74, 6) is 4.11. The van der Waals surface area contributed by atoms with Crippen molar-refractivity contribution in [1.82, 2.24) is 25.0 Å². The van der Waals surface area contributed by atoms with Crippen LogP contribution in [0.5, 0.6) is 5.75 Å². The molecular formula is C21H33IN6O2. The maximum Gasteiger partial charge on any atom is 0.194 e. The SMILES string of the molecule is COCC1CCN(C(=NCc2nnc(C)n2C)NCCc2ccc(OC)cc2)C1.I. The molecule has 1 aromatic carbocycles. The Balaban J connectivity index is 0.00000320. The second-order valence-corrected chi connectivity index (χ2v) is 7.44. The maximum atomic E-state index is 5.34. The van der Waals surface area contributed by atoms with Crippen molar-refractivity contribution in [3.8, 4) is 5.75 Å². The number of aromatic nitrogens is 3. The van der Waals surface area contributed by atoms with Crippen LogP contribution in [0.25, 0.3) is 0 Å². The number of nitrogens with zero attached hydrogens (tertiary/aromatic N) is 5. The van der Waals surface area contributed by atoms with Crippen LogP contribution >= 0.6 is 24.0 Å². The molecular weight excluding hydrogens is 495 g/mol. The summed E-state index contributed by atoms with van der Waals surface area (Å²) in [6.07, 6.45) is 2.04. The van der Waals surface area contributed by atoms with Gasteiger partial charge in [0.25, 0.3) is 0 Å². The first-order valence-corrected chi connectivity index (χ1v) is 10.1. The molecule has 30 heavy (non-hydrogen) atoms. The molecule has 1 atom stereocenters. The van der Waals surface area contributed by atoms with Gasteiger partial charge in [0.05, 0.1) is 13.7 Å². The van der Waals surface area contributed by atoms with Crippen LogP contribution in [0.3, 0.4) is 0 Å². The molecule has 8 nitrogen and oxygen atoms in total. The number of aryl methyl sites for hydroxylation is 1. The van der Waals surface area contributed by atoms with Gasteiger partial charge in [-0.2, -0.15) is 0 Å². The Morgan fingerprint density at radius 2 is 2.00 bits per heavy atom. The predicted octanol–water partition coefficient (Wildman–Crippen LogP) is 2.41. The van der Waals surface area contributed by atoms with Gasteiger partial charge in [0, 0.05) is 39.7 Å². The van der Waals surface area contributed by atoms with Gasteiger partial charge < -0.3 is 24.3 Å². The van der Waals surface area contributed by atoms with Crippen LogP contribution in [-0.2, 0) is 24.8 Å². The van der Waals surface area contributed by atoms with Crippen LogP contribution in [0.4, 0.5) is 0 Å². The Morgan fingerprint density at radius 3 is 2.63 bits per heavy atom. The lowest BCUT2D eigenvalue weighted by Gasteiger charge is -2.22. The van der Waals surface area contributed by atoms with Crippen molar-refractivity contribution in [3.63, 3.8) is 0 Å². The molecule has 1 aliphatic heterocycles. The first-order valence-electron chi connectivity index (χ1n) is 10.1. The third-order valence-electron chi connectivity index (χ3n) is 5.40. The normalized spacial score (nSPS) is 16.5. The summed E-state index contributed by atoms with van der Waals surface area (Å²) >= 11 is 0. The van der Waals surface area contributed by atoms with Crippen molar-refractivity contribution in [2.45, 2.75) is 26.3 Å². The summed E-state index contributed by atoms with van der Waals surface area (Å²) < 4.78 is 12.6. The minimum atomic E-state index is 0. The Labute approximate surface area is 196 Å². The number of halogens is 1. The number of hydrogen-bond donors (Lipinski definition) is 1. The number of guanidine groups is 1. The van der Waals surface area contributed by atoms with E-state index in [1.165, 1.54) is 5.56 Å². The molecule has 0 saturated carbocycles. The van der Waals surface area contributed by atoms with E-state index in [9.17, 15) is 0 Å². The highest BCUT2D eigenvalue weighted by atomic mass is 127. The van der Waals surface area contributed by atoms with Gasteiger partial charge in [0.15, 0.2) is 11.8 Å². The van der Waals surface area contributed by atoms with Gasteiger partial charge in [-0.25, -0.2) is 4.99 Å². The zero-order chi connectivity index (χ0) is 20.6. The van der Waals surface area contributed by atoms with Crippen LogP contribution < -0.4 is 10.1 Å². The van der Waals surface area contributed by atoms with Crippen molar-refractivity contribution in [1.29, 1.82) is 0 Å². The van der Waals surface area contributed by atoms with Crippen molar-refractivity contribution in [2.75, 3.05) is 40.5 Å². The van der Waals surface area contributed by atoms with E-state index < -0.39 is 0 Å². The predicted molar refractivity (Wildman–Crippen MR) is 129 cm³/mol. The zero-order valence-electron chi connectivity index (χ0n) is 18.3. The summed E-state index contributed by atoms with van der Waals surface area (Å²) in [6.45, 7) is 6.00. The molecule has 2 aromatic rings. The number of aliphatic imine (C=N–C) groups is 1. The Hall–Kier alpha value is -1.88. The zero-order valence-corrected chi connectivity index (χ0v) is 20.6. The molecule has 166 valence electrons. The van der Waals surface area contributed by atoms with Crippen LogP contribution in [0, 0.1) is 12.8 Å². The van der Waals surface area contributed by atoms with Crippen molar-refractivity contribution >= 4 is 29.9 Å². The second-order valence-electron chi connectivity index (χ2n) is 7.44. The second kappa shape index (κ2) is 12.1. The molecule has 1 aromatic heterocycles. The smallest absolute Gasteiger partial charge is 0.194 e. The minimum absolute atomic E-state index is 0. The van der Waals surface area contributed by atoms with Crippen molar-refractivity contribution in [2.24, 2.45) is 18.0 Å². The maximum absolute atomic E-state index is 5.34. The molecule has 0 bridgehead atoms. The molecule has 3 rings (SSSR count). The Bertz CT molecular complexity index is 808. The van der Waals surface area contributed by atoms with E-state index in [0.29, 0.717) is 12.5 Å². The van der Waals surface area contributed by atoms with Gasteiger partial charge in [0.1, 0.15) is 18.1 Å². The molecule has 0 radical (unpaired) electrons. The number of rotatable bonds is 8. The number of benzene rings is 1. The molecule has 2 heterocycles. The highest BCUT2D eigenvalue weighted by molar-refractivity contribution is 14.0. The fourth-order valence-electron chi connectivity index (χ4n) is 3.51. The van der Waals surface area contributed by atoms with Gasteiger partial charge in [-0.1, -0.05) is 12.1 Å². The quantitative estimate of drug-likeness (QED) is 0.322. The van der Waals surface area contributed by atoms with E-state index in [1.807, 2.05) is 30.7 Å². The summed E-state index contributed by atoms with van der Waals surface area (Å²) in [7, 11) is 5.42. The largest absolute Gasteiger partial charge is 0.497 e. The lowest BCUT2D eigenvalue weighted by molar-refractivity contribution is 0.157. The summed E-state index contributed by atoms with van der Waals surface area (Å²) in [5.41, 5.74) is 1.26. The average Bonchev–Trinajstić information content (AvgIpc) is 3.33. The summed E-state index contributed by atoms with van der Waals surface area (Å²) in [4.78, 5) is 7.17. The third kappa shape index (κ3) is 6.56. The lowest BCUT2D eigenvalue weighted by Crippen LogP contribution is -2.41. The number of ether oxygens (including phenoxy) is 2. The molecule has 1 fully saturated rings. The Kier molecular flexibility index (Phi) is 9.83. The first-order chi connectivity index (χ1) is 14.1. The molecule has 1 N–H and O–H groups in total. The summed E-state index contributed by atoms with van der Waals surface area (Å²) in [6, 6.07) is 8.20. The van der Waals surface area contributed by atoms with Crippen LogP contribution in [-0.4, -0.2) is 66.1 Å². The van der Waals surface area contributed by atoms with Gasteiger partial charge in [-0.05, 0) is 37.5 Å². The molecule has 0 amide bonds. The third-order valence-corrected chi connectivity index (χ3v) is 5.40. The number of hydrogen-bond acceptors (Lipinski definition) is 5. The van der Waals surface area contributed by atoms with E-state index in [2.05, 4.69) is 32.5 Å². The fourth-order valence-corrected chi connectivity index (χ4v) is 3.51. The molecule has 1 unspecified atom stereocenters. The van der Waals surface area contributed by atoms with E-state index >= 15 is 0 Å². The number of nitrogens with one attached hydrogen (secondary N) is 1. The minimum Gasteiger partial charge on any atom is -0.497 e. The number of methoxy groups -OCH3 is 2. The van der Waals surface area contributed by atoms with Crippen LogP contribution in [0.1, 0.15) is 23.6 Å². The van der Waals surface area contributed by atoms with Crippen LogP contribution in [0.15, 0.2) is 29.3 Å². The van der Waals surface area contributed by atoms with E-state index in [0.717, 1.165) is 62.4 Å². The lowest BCUT2D eigenvalue weighted by atomic mass is 10.1. The van der Waals surface area contributed by atoms with Gasteiger partial charge in [0.2, 0.25) is 0 Å². The highest BCUT2D eigenvalue weighted by Crippen LogP contribution is 2.17. The van der Waals surface area contributed by atoms with Gasteiger partial charge in [-0.3, -0.25) is 0 Å². The van der Waals surface area contributed by atoms with E-state index in [-0.39, 0.29) is 24.0 Å².